The van der Waals surface area contributed by atoms with Crippen molar-refractivity contribution in [1.29, 1.82) is 0 Å². The van der Waals surface area contributed by atoms with Gasteiger partial charge < -0.3 is 5.73 Å². The predicted octanol–water partition coefficient (Wildman–Crippen LogP) is 1.64. The summed E-state index contributed by atoms with van der Waals surface area (Å²) < 4.78 is 25.1. The molecule has 0 saturated carbocycles. The Labute approximate surface area is 101 Å². The summed E-state index contributed by atoms with van der Waals surface area (Å²) in [5.74, 6) is 0. The zero-order valence-corrected chi connectivity index (χ0v) is 10.9. The van der Waals surface area contributed by atoms with Gasteiger partial charge >= 0.3 is 0 Å². The lowest BCUT2D eigenvalue weighted by atomic mass is 10.2. The molecule has 0 aliphatic carbocycles. The number of nitrogens with two attached hydrogens (primary N) is 1. The first kappa shape index (κ1) is 10.7. The lowest BCUT2D eigenvalue weighted by Crippen LogP contribution is -2.08. The van der Waals surface area contributed by atoms with Gasteiger partial charge in [-0.2, -0.15) is 0 Å². The minimum absolute atomic E-state index is 0.631. The Morgan fingerprint density at radius 3 is 2.67 bits per heavy atom. The molecule has 80 valence electrons. The van der Waals surface area contributed by atoms with E-state index in [9.17, 15) is 8.42 Å². The highest BCUT2D eigenvalue weighted by Gasteiger charge is 2.13. The van der Waals surface area contributed by atoms with Gasteiger partial charge in [-0.3, -0.25) is 0 Å². The Balaban J connectivity index is 2.92. The topological polar surface area (TPSA) is 65.1 Å². The van der Waals surface area contributed by atoms with Gasteiger partial charge in [-0.05, 0) is 40.8 Å². The Morgan fingerprint density at radius 1 is 1.40 bits per heavy atom. The van der Waals surface area contributed by atoms with E-state index in [0.717, 1.165) is 8.96 Å². The van der Waals surface area contributed by atoms with Crippen LogP contribution in [0.2, 0.25) is 0 Å². The van der Waals surface area contributed by atoms with E-state index in [2.05, 4.69) is 22.6 Å². The molecule has 0 atom stereocenters. The molecule has 0 spiro atoms. The van der Waals surface area contributed by atoms with Crippen molar-refractivity contribution in [2.24, 2.45) is 0 Å². The van der Waals surface area contributed by atoms with Crippen LogP contribution in [0.25, 0.3) is 10.9 Å². The van der Waals surface area contributed by atoms with Gasteiger partial charge in [0.15, 0.2) is 0 Å². The molecule has 0 unspecified atom stereocenters. The van der Waals surface area contributed by atoms with Crippen molar-refractivity contribution in [3.63, 3.8) is 0 Å². The van der Waals surface area contributed by atoms with Crippen molar-refractivity contribution in [2.45, 2.75) is 0 Å². The normalized spacial score (nSPS) is 12.1. The fourth-order valence-electron chi connectivity index (χ4n) is 1.45. The maximum atomic E-state index is 11.5. The first-order valence-corrected chi connectivity index (χ1v) is 7.09. The Kier molecular flexibility index (Phi) is 2.42. The van der Waals surface area contributed by atoms with Gasteiger partial charge in [0.2, 0.25) is 10.0 Å². The molecule has 0 aliphatic heterocycles. The fourth-order valence-corrected chi connectivity index (χ4v) is 3.17. The van der Waals surface area contributed by atoms with E-state index < -0.39 is 10.0 Å². The number of nitrogens with zero attached hydrogens (tertiary/aromatic N) is 1. The van der Waals surface area contributed by atoms with Crippen LogP contribution in [0, 0.1) is 3.57 Å². The molecule has 0 amide bonds. The average Bonchev–Trinajstić information content (AvgIpc) is 2.43. The highest BCUT2D eigenvalue weighted by molar-refractivity contribution is 14.1. The third kappa shape index (κ3) is 1.83. The summed E-state index contributed by atoms with van der Waals surface area (Å²) in [5.41, 5.74) is 6.94. The van der Waals surface area contributed by atoms with E-state index in [1.807, 2.05) is 0 Å². The van der Waals surface area contributed by atoms with Crippen LogP contribution in [0.5, 0.6) is 0 Å². The van der Waals surface area contributed by atoms with Gasteiger partial charge in [-0.25, -0.2) is 12.4 Å². The predicted molar refractivity (Wildman–Crippen MR) is 69.3 cm³/mol. The molecule has 2 aromatic rings. The van der Waals surface area contributed by atoms with E-state index in [4.69, 9.17) is 5.73 Å². The standard InChI is InChI=1S/C9H9IN2O2S/c1-15(13,14)12-5-8(10)7-4-6(11)2-3-9(7)12/h2-5H,11H2,1H3. The molecule has 1 aromatic carbocycles. The number of benzene rings is 1. The lowest BCUT2D eigenvalue weighted by Gasteiger charge is -2.01. The van der Waals surface area contributed by atoms with Crippen LogP contribution >= 0.6 is 22.6 Å². The first-order valence-electron chi connectivity index (χ1n) is 4.16. The lowest BCUT2D eigenvalue weighted by molar-refractivity contribution is 0.595. The van der Waals surface area contributed by atoms with Gasteiger partial charge in [-0.15, -0.1) is 0 Å². The average molecular weight is 336 g/mol. The van der Waals surface area contributed by atoms with E-state index in [1.54, 1.807) is 24.4 Å². The number of aromatic nitrogens is 1. The fraction of sp³-hybridized carbons (Fsp3) is 0.111. The second-order valence-corrected chi connectivity index (χ2v) is 6.33. The molecule has 2 N–H and O–H groups in total. The molecule has 0 fully saturated rings. The van der Waals surface area contributed by atoms with Crippen molar-refractivity contribution >= 4 is 49.2 Å². The number of rotatable bonds is 1. The van der Waals surface area contributed by atoms with Gasteiger partial charge in [0, 0.05) is 20.8 Å². The van der Waals surface area contributed by atoms with E-state index >= 15 is 0 Å². The SMILES string of the molecule is CS(=O)(=O)n1cc(I)c2cc(N)ccc21. The maximum Gasteiger partial charge on any atom is 0.236 e. The summed E-state index contributed by atoms with van der Waals surface area (Å²) >= 11 is 2.09. The van der Waals surface area contributed by atoms with Crippen LogP contribution < -0.4 is 5.73 Å². The van der Waals surface area contributed by atoms with E-state index in [1.165, 1.54) is 10.2 Å². The quantitative estimate of drug-likeness (QED) is 0.636. The molecular formula is C9H9IN2O2S. The summed E-state index contributed by atoms with van der Waals surface area (Å²) in [5, 5.41) is 0.862. The highest BCUT2D eigenvalue weighted by Crippen LogP contribution is 2.25. The highest BCUT2D eigenvalue weighted by atomic mass is 127. The molecule has 6 heteroatoms. The van der Waals surface area contributed by atoms with Crippen LogP contribution in [0.15, 0.2) is 24.4 Å². The van der Waals surface area contributed by atoms with Crippen LogP contribution in [-0.4, -0.2) is 18.6 Å². The Hall–Kier alpha value is -0.760. The smallest absolute Gasteiger partial charge is 0.236 e. The third-order valence-corrected chi connectivity index (χ3v) is 3.98. The van der Waals surface area contributed by atoms with E-state index in [-0.39, 0.29) is 0 Å². The van der Waals surface area contributed by atoms with Crippen molar-refractivity contribution in [3.8, 4) is 0 Å². The van der Waals surface area contributed by atoms with Crippen LogP contribution in [0.1, 0.15) is 0 Å². The molecule has 0 radical (unpaired) electrons. The number of fused-ring (bicyclic) bond motifs is 1. The number of anilines is 1. The Morgan fingerprint density at radius 2 is 2.07 bits per heavy atom. The summed E-state index contributed by atoms with van der Waals surface area (Å²) in [7, 11) is -3.25. The summed E-state index contributed by atoms with van der Waals surface area (Å²) in [6.45, 7) is 0. The summed E-state index contributed by atoms with van der Waals surface area (Å²) in [4.78, 5) is 0. The minimum Gasteiger partial charge on any atom is -0.399 e. The third-order valence-electron chi connectivity index (χ3n) is 2.10. The van der Waals surface area contributed by atoms with Crippen molar-refractivity contribution in [2.75, 3.05) is 12.0 Å². The first-order chi connectivity index (χ1) is 6.89. The van der Waals surface area contributed by atoms with Gasteiger partial charge in [0.25, 0.3) is 0 Å². The second-order valence-electron chi connectivity index (χ2n) is 3.31. The molecule has 0 aliphatic rings. The molecule has 2 rings (SSSR count). The van der Waals surface area contributed by atoms with Crippen molar-refractivity contribution < 1.29 is 8.42 Å². The van der Waals surface area contributed by atoms with E-state index in [0.29, 0.717) is 11.2 Å². The molecule has 1 heterocycles. The molecular weight excluding hydrogens is 327 g/mol. The molecule has 15 heavy (non-hydrogen) atoms. The number of nitrogen functional groups attached to an aromatic ring is 1. The maximum absolute atomic E-state index is 11.5. The minimum atomic E-state index is -3.25. The Bertz CT molecular complexity index is 631. The number of halogens is 1. The molecule has 0 bridgehead atoms. The largest absolute Gasteiger partial charge is 0.399 e. The molecule has 0 saturated heterocycles. The summed E-state index contributed by atoms with van der Waals surface area (Å²) in [6, 6.07) is 5.19. The summed E-state index contributed by atoms with van der Waals surface area (Å²) in [6.07, 6.45) is 2.78. The number of hydrogen-bond donors (Lipinski definition) is 1. The number of hydrogen-bond acceptors (Lipinski definition) is 3. The van der Waals surface area contributed by atoms with Crippen LogP contribution in [0.3, 0.4) is 0 Å². The van der Waals surface area contributed by atoms with Crippen LogP contribution in [0.4, 0.5) is 5.69 Å². The molecule has 1 aromatic heterocycles. The monoisotopic (exact) mass is 336 g/mol. The van der Waals surface area contributed by atoms with Gasteiger partial charge in [0.1, 0.15) is 0 Å². The van der Waals surface area contributed by atoms with Gasteiger partial charge in [0.05, 0.1) is 11.8 Å². The van der Waals surface area contributed by atoms with Crippen molar-refractivity contribution in [3.05, 3.63) is 28.0 Å². The zero-order chi connectivity index (χ0) is 11.2. The van der Waals surface area contributed by atoms with Crippen LogP contribution in [-0.2, 0) is 10.0 Å². The zero-order valence-electron chi connectivity index (χ0n) is 7.94. The van der Waals surface area contributed by atoms with Crippen molar-refractivity contribution in [1.82, 2.24) is 3.97 Å². The molecule has 4 nitrogen and oxygen atoms in total. The second kappa shape index (κ2) is 3.38. The van der Waals surface area contributed by atoms with Gasteiger partial charge in [-0.1, -0.05) is 0 Å².